The number of methoxy groups -OCH3 is 2. The first-order valence-electron chi connectivity index (χ1n) is 4.33. The van der Waals surface area contributed by atoms with E-state index in [1.165, 1.54) is 0 Å². The average Bonchev–Trinajstić information content (AvgIpc) is 2.27. The van der Waals surface area contributed by atoms with Crippen LogP contribution in [0, 0.1) is 5.92 Å². The van der Waals surface area contributed by atoms with Crippen LogP contribution in [0.15, 0.2) is 18.2 Å². The van der Waals surface area contributed by atoms with E-state index < -0.39 is 6.67 Å². The van der Waals surface area contributed by atoms with Gasteiger partial charge in [-0.3, -0.25) is 4.39 Å². The van der Waals surface area contributed by atoms with Crippen molar-refractivity contribution in [2.45, 2.75) is 6.92 Å². The van der Waals surface area contributed by atoms with Gasteiger partial charge in [-0.2, -0.15) is 0 Å². The van der Waals surface area contributed by atoms with Gasteiger partial charge in [0.1, 0.15) is 11.5 Å². The third-order valence-electron chi connectivity index (χ3n) is 2.07. The second kappa shape index (κ2) is 4.84. The Labute approximate surface area is 83.6 Å². The maximum atomic E-state index is 12.5. The van der Waals surface area contributed by atoms with Crippen molar-refractivity contribution in [1.29, 1.82) is 0 Å². The van der Waals surface area contributed by atoms with Gasteiger partial charge in [-0.1, -0.05) is 6.92 Å². The number of hydrogen-bond acceptors (Lipinski definition) is 2. The number of hydrogen-bond donors (Lipinski definition) is 0. The Morgan fingerprint density at radius 3 is 2.50 bits per heavy atom. The number of benzene rings is 1. The topological polar surface area (TPSA) is 18.5 Å². The van der Waals surface area contributed by atoms with E-state index in [0.717, 1.165) is 5.56 Å². The Kier molecular flexibility index (Phi) is 3.74. The first kappa shape index (κ1) is 10.8. The van der Waals surface area contributed by atoms with E-state index in [1.54, 1.807) is 39.3 Å². The molecule has 0 bridgehead atoms. The average molecular weight is 197 g/mol. The van der Waals surface area contributed by atoms with Crippen LogP contribution in [-0.4, -0.2) is 20.9 Å². The fraction of sp³-hybridized carbons (Fsp3) is 0.364. The van der Waals surface area contributed by atoms with Gasteiger partial charge in [0, 0.05) is 11.5 Å². The molecule has 0 saturated heterocycles. The minimum Gasteiger partial charge on any atom is -0.497 e. The molecule has 0 heterocycles. The molecule has 1 rings (SSSR count). The highest BCUT2D eigenvalue weighted by atomic mass is 19.1. The predicted octanol–water partition coefficient (Wildman–Crippen LogP) is 2.62. The maximum Gasteiger partial charge on any atom is 0.123 e. The van der Waals surface area contributed by atoms with Crippen LogP contribution in [0.2, 0.25) is 0 Å². The lowest BCUT2D eigenvalue weighted by atomic mass is 10.0. The largest absolute Gasteiger partial charge is 0.497 e. The predicted molar refractivity (Wildman–Crippen MR) is 53.5 cm³/mol. The molecule has 0 fully saturated rings. The van der Waals surface area contributed by atoms with Gasteiger partial charge in [0.05, 0.1) is 20.9 Å². The van der Waals surface area contributed by atoms with E-state index in [0.29, 0.717) is 17.4 Å². The summed E-state index contributed by atoms with van der Waals surface area (Å²) in [6.07, 6.45) is 0. The molecular formula is C11H14FO2. The zero-order chi connectivity index (χ0) is 10.6. The van der Waals surface area contributed by atoms with E-state index >= 15 is 0 Å². The van der Waals surface area contributed by atoms with Crippen molar-refractivity contribution in [3.05, 3.63) is 29.7 Å². The molecule has 0 spiro atoms. The summed E-state index contributed by atoms with van der Waals surface area (Å²) in [4.78, 5) is 0. The summed E-state index contributed by atoms with van der Waals surface area (Å²) in [7, 11) is 3.15. The molecule has 0 unspecified atom stereocenters. The Balaban J connectivity index is 3.08. The lowest BCUT2D eigenvalue weighted by Crippen LogP contribution is -2.00. The van der Waals surface area contributed by atoms with Gasteiger partial charge in [-0.25, -0.2) is 0 Å². The fourth-order valence-corrected chi connectivity index (χ4v) is 1.22. The lowest BCUT2D eigenvalue weighted by molar-refractivity contribution is 0.397. The number of alkyl halides is 1. The van der Waals surface area contributed by atoms with Crippen LogP contribution >= 0.6 is 0 Å². The van der Waals surface area contributed by atoms with Gasteiger partial charge >= 0.3 is 0 Å². The van der Waals surface area contributed by atoms with Crippen LogP contribution in [0.5, 0.6) is 11.5 Å². The molecule has 0 N–H and O–H groups in total. The first-order chi connectivity index (χ1) is 6.72. The Morgan fingerprint density at radius 2 is 2.00 bits per heavy atom. The molecular weight excluding hydrogens is 183 g/mol. The molecule has 0 aliphatic carbocycles. The number of rotatable bonds is 4. The van der Waals surface area contributed by atoms with Gasteiger partial charge in [0.15, 0.2) is 0 Å². The molecule has 0 aromatic heterocycles. The van der Waals surface area contributed by atoms with Gasteiger partial charge in [0.25, 0.3) is 0 Å². The van der Waals surface area contributed by atoms with Crippen molar-refractivity contribution < 1.29 is 13.9 Å². The van der Waals surface area contributed by atoms with E-state index in [1.807, 2.05) is 0 Å². The first-order valence-corrected chi connectivity index (χ1v) is 4.33. The summed E-state index contributed by atoms with van der Waals surface area (Å²) in [6.45, 7) is 1.25. The van der Waals surface area contributed by atoms with Crippen molar-refractivity contribution in [3.8, 4) is 11.5 Å². The Bertz CT molecular complexity index is 299. The van der Waals surface area contributed by atoms with Crippen LogP contribution in [-0.2, 0) is 0 Å². The summed E-state index contributed by atoms with van der Waals surface area (Å²) < 4.78 is 22.7. The molecule has 1 radical (unpaired) electrons. The van der Waals surface area contributed by atoms with E-state index in [9.17, 15) is 4.39 Å². The standard InChI is InChI=1S/C11H14FO2/c1-8(7-12)10-6-9(13-2)4-5-11(10)14-3/h4-6H,7H2,1-3H3. The van der Waals surface area contributed by atoms with Crippen molar-refractivity contribution in [2.24, 2.45) is 0 Å². The van der Waals surface area contributed by atoms with Crippen LogP contribution in [0.4, 0.5) is 4.39 Å². The minimum absolute atomic E-state index is 0.483. The van der Waals surface area contributed by atoms with Crippen molar-refractivity contribution in [3.63, 3.8) is 0 Å². The summed E-state index contributed by atoms with van der Waals surface area (Å²) in [6, 6.07) is 5.33. The molecule has 0 atom stereocenters. The normalized spacial score (nSPS) is 10.4. The SMILES string of the molecule is COc1ccc(OC)c([C](C)CF)c1. The van der Waals surface area contributed by atoms with E-state index in [4.69, 9.17) is 9.47 Å². The quantitative estimate of drug-likeness (QED) is 0.738. The maximum absolute atomic E-state index is 12.5. The molecule has 0 aliphatic heterocycles. The van der Waals surface area contributed by atoms with Crippen LogP contribution < -0.4 is 9.47 Å². The highest BCUT2D eigenvalue weighted by Crippen LogP contribution is 2.29. The molecule has 1 aromatic rings. The third-order valence-corrected chi connectivity index (χ3v) is 2.07. The zero-order valence-corrected chi connectivity index (χ0v) is 8.63. The fourth-order valence-electron chi connectivity index (χ4n) is 1.22. The van der Waals surface area contributed by atoms with Crippen LogP contribution in [0.1, 0.15) is 12.5 Å². The summed E-state index contributed by atoms with van der Waals surface area (Å²) in [5.74, 6) is 2.01. The lowest BCUT2D eigenvalue weighted by Gasteiger charge is -2.13. The second-order valence-corrected chi connectivity index (χ2v) is 2.98. The van der Waals surface area contributed by atoms with Gasteiger partial charge in [0.2, 0.25) is 0 Å². The number of ether oxygens (including phenoxy) is 2. The Morgan fingerprint density at radius 1 is 1.29 bits per heavy atom. The highest BCUT2D eigenvalue weighted by Gasteiger charge is 2.12. The minimum atomic E-state index is -0.483. The zero-order valence-electron chi connectivity index (χ0n) is 8.63. The molecule has 1 aromatic carbocycles. The molecule has 0 amide bonds. The molecule has 2 nitrogen and oxygen atoms in total. The smallest absolute Gasteiger partial charge is 0.123 e. The molecule has 3 heteroatoms. The molecule has 0 saturated carbocycles. The molecule has 0 aliphatic rings. The van der Waals surface area contributed by atoms with Gasteiger partial charge in [-0.05, 0) is 18.2 Å². The number of halogens is 1. The molecule has 14 heavy (non-hydrogen) atoms. The van der Waals surface area contributed by atoms with Crippen LogP contribution in [0.3, 0.4) is 0 Å². The molecule has 77 valence electrons. The van der Waals surface area contributed by atoms with Gasteiger partial charge in [-0.15, -0.1) is 0 Å². The van der Waals surface area contributed by atoms with Crippen molar-refractivity contribution >= 4 is 0 Å². The summed E-state index contributed by atoms with van der Waals surface area (Å²) in [5, 5.41) is 0. The Hall–Kier alpha value is -1.25. The second-order valence-electron chi connectivity index (χ2n) is 2.98. The van der Waals surface area contributed by atoms with E-state index in [-0.39, 0.29) is 0 Å². The highest BCUT2D eigenvalue weighted by molar-refractivity contribution is 5.47. The third kappa shape index (κ3) is 2.16. The summed E-state index contributed by atoms with van der Waals surface area (Å²) >= 11 is 0. The van der Waals surface area contributed by atoms with Gasteiger partial charge < -0.3 is 9.47 Å². The monoisotopic (exact) mass is 197 g/mol. The van der Waals surface area contributed by atoms with Crippen LogP contribution in [0.25, 0.3) is 0 Å². The summed E-state index contributed by atoms with van der Waals surface area (Å²) in [5.41, 5.74) is 0.759. The van der Waals surface area contributed by atoms with E-state index in [2.05, 4.69) is 0 Å². The van der Waals surface area contributed by atoms with Crippen molar-refractivity contribution in [2.75, 3.05) is 20.9 Å². The van der Waals surface area contributed by atoms with Crippen molar-refractivity contribution in [1.82, 2.24) is 0 Å².